The molecule has 0 aliphatic rings. The number of anilines is 1. The summed E-state index contributed by atoms with van der Waals surface area (Å²) in [4.78, 5) is 15.9. The standard InChI is InChI=1S/C12H12BrN3O/c1-8-9(13)4-3-5-10(8)15-12(17)11-6-16(2)7-14-11/h3-7H,1-2H3,(H,15,17). The molecular weight excluding hydrogens is 282 g/mol. The number of imidazole rings is 1. The minimum absolute atomic E-state index is 0.202. The topological polar surface area (TPSA) is 46.9 Å². The molecule has 1 heterocycles. The maximum Gasteiger partial charge on any atom is 0.275 e. The van der Waals surface area contributed by atoms with Gasteiger partial charge >= 0.3 is 0 Å². The number of halogens is 1. The van der Waals surface area contributed by atoms with E-state index >= 15 is 0 Å². The molecule has 0 radical (unpaired) electrons. The summed E-state index contributed by atoms with van der Waals surface area (Å²) in [5, 5.41) is 2.84. The Morgan fingerprint density at radius 2 is 2.24 bits per heavy atom. The molecule has 0 aliphatic carbocycles. The van der Waals surface area contributed by atoms with E-state index in [1.165, 1.54) is 0 Å². The number of amides is 1. The summed E-state index contributed by atoms with van der Waals surface area (Å²) in [6.45, 7) is 1.94. The molecule has 0 saturated carbocycles. The Balaban J connectivity index is 2.21. The molecule has 2 aromatic rings. The first-order valence-electron chi connectivity index (χ1n) is 5.12. The Morgan fingerprint density at radius 1 is 1.47 bits per heavy atom. The molecule has 1 aromatic carbocycles. The summed E-state index contributed by atoms with van der Waals surface area (Å²) in [5.74, 6) is -0.202. The fourth-order valence-electron chi connectivity index (χ4n) is 1.46. The van der Waals surface area contributed by atoms with Crippen LogP contribution in [0.3, 0.4) is 0 Å². The maximum atomic E-state index is 11.9. The highest BCUT2D eigenvalue weighted by Crippen LogP contribution is 2.23. The van der Waals surface area contributed by atoms with E-state index in [9.17, 15) is 4.79 Å². The Labute approximate surface area is 108 Å². The van der Waals surface area contributed by atoms with E-state index in [0.717, 1.165) is 15.7 Å². The van der Waals surface area contributed by atoms with E-state index in [0.29, 0.717) is 5.69 Å². The number of aromatic nitrogens is 2. The van der Waals surface area contributed by atoms with Crippen LogP contribution in [0.5, 0.6) is 0 Å². The first-order valence-corrected chi connectivity index (χ1v) is 5.91. The van der Waals surface area contributed by atoms with Crippen molar-refractivity contribution in [2.24, 2.45) is 7.05 Å². The van der Waals surface area contributed by atoms with Crippen molar-refractivity contribution in [3.8, 4) is 0 Å². The van der Waals surface area contributed by atoms with Gasteiger partial charge in [-0.05, 0) is 24.6 Å². The van der Waals surface area contributed by atoms with Crippen molar-refractivity contribution in [2.75, 3.05) is 5.32 Å². The molecule has 2 rings (SSSR count). The molecule has 0 saturated heterocycles. The minimum atomic E-state index is -0.202. The van der Waals surface area contributed by atoms with E-state index in [1.54, 1.807) is 17.1 Å². The molecule has 5 heteroatoms. The van der Waals surface area contributed by atoms with Gasteiger partial charge in [0.1, 0.15) is 5.69 Å². The summed E-state index contributed by atoms with van der Waals surface area (Å²) in [6, 6.07) is 5.68. The molecule has 0 aliphatic heterocycles. The summed E-state index contributed by atoms with van der Waals surface area (Å²) >= 11 is 3.43. The molecule has 0 spiro atoms. The molecule has 4 nitrogen and oxygen atoms in total. The number of hydrogen-bond acceptors (Lipinski definition) is 2. The molecule has 0 atom stereocenters. The van der Waals surface area contributed by atoms with Gasteiger partial charge < -0.3 is 9.88 Å². The van der Waals surface area contributed by atoms with Crippen LogP contribution in [0.15, 0.2) is 35.2 Å². The van der Waals surface area contributed by atoms with Gasteiger partial charge in [-0.15, -0.1) is 0 Å². The van der Waals surface area contributed by atoms with E-state index < -0.39 is 0 Å². The van der Waals surface area contributed by atoms with Crippen LogP contribution in [0, 0.1) is 6.92 Å². The summed E-state index contributed by atoms with van der Waals surface area (Å²) in [6.07, 6.45) is 3.28. The van der Waals surface area contributed by atoms with Crippen molar-refractivity contribution in [1.29, 1.82) is 0 Å². The van der Waals surface area contributed by atoms with Gasteiger partial charge in [-0.1, -0.05) is 22.0 Å². The van der Waals surface area contributed by atoms with Crippen LogP contribution in [0.2, 0.25) is 0 Å². The van der Waals surface area contributed by atoms with E-state index in [2.05, 4.69) is 26.2 Å². The summed E-state index contributed by atoms with van der Waals surface area (Å²) in [5.41, 5.74) is 2.19. The molecule has 1 N–H and O–H groups in total. The minimum Gasteiger partial charge on any atom is -0.340 e. The van der Waals surface area contributed by atoms with Crippen molar-refractivity contribution in [2.45, 2.75) is 6.92 Å². The lowest BCUT2D eigenvalue weighted by molar-refractivity contribution is 0.102. The first kappa shape index (κ1) is 11.9. The van der Waals surface area contributed by atoms with E-state index in [4.69, 9.17) is 0 Å². The number of rotatable bonds is 2. The number of carbonyl (C=O) groups excluding carboxylic acids is 1. The third-order valence-electron chi connectivity index (χ3n) is 2.45. The lowest BCUT2D eigenvalue weighted by Crippen LogP contribution is -2.13. The molecule has 88 valence electrons. The number of benzene rings is 1. The average molecular weight is 294 g/mol. The SMILES string of the molecule is Cc1c(Br)cccc1NC(=O)c1cn(C)cn1. The van der Waals surface area contributed by atoms with Crippen LogP contribution in [0.25, 0.3) is 0 Å². The molecule has 1 aromatic heterocycles. The van der Waals surface area contributed by atoms with Crippen molar-refractivity contribution >= 4 is 27.5 Å². The second-order valence-corrected chi connectivity index (χ2v) is 4.65. The van der Waals surface area contributed by atoms with Crippen LogP contribution in [0.4, 0.5) is 5.69 Å². The molecule has 0 fully saturated rings. The van der Waals surface area contributed by atoms with Crippen LogP contribution < -0.4 is 5.32 Å². The first-order chi connectivity index (χ1) is 8.08. The van der Waals surface area contributed by atoms with Crippen LogP contribution in [-0.2, 0) is 7.05 Å². The molecule has 17 heavy (non-hydrogen) atoms. The van der Waals surface area contributed by atoms with Gasteiger partial charge in [-0.3, -0.25) is 4.79 Å². The number of hydrogen-bond donors (Lipinski definition) is 1. The van der Waals surface area contributed by atoms with Gasteiger partial charge in [0.2, 0.25) is 0 Å². The van der Waals surface area contributed by atoms with Crippen molar-refractivity contribution in [3.05, 3.63) is 46.5 Å². The Hall–Kier alpha value is -1.62. The third kappa shape index (κ3) is 2.55. The van der Waals surface area contributed by atoms with E-state index in [1.807, 2.05) is 32.2 Å². The number of carbonyl (C=O) groups is 1. The van der Waals surface area contributed by atoms with Crippen molar-refractivity contribution in [1.82, 2.24) is 9.55 Å². The lowest BCUT2D eigenvalue weighted by atomic mass is 10.2. The van der Waals surface area contributed by atoms with Gasteiger partial charge in [0, 0.05) is 23.4 Å². The zero-order chi connectivity index (χ0) is 12.4. The highest BCUT2D eigenvalue weighted by atomic mass is 79.9. The molecule has 0 bridgehead atoms. The van der Waals surface area contributed by atoms with Crippen molar-refractivity contribution < 1.29 is 4.79 Å². The average Bonchev–Trinajstić information content (AvgIpc) is 2.72. The Kier molecular flexibility index (Phi) is 3.28. The fourth-order valence-corrected chi connectivity index (χ4v) is 1.83. The fraction of sp³-hybridized carbons (Fsp3) is 0.167. The van der Waals surface area contributed by atoms with E-state index in [-0.39, 0.29) is 5.91 Å². The van der Waals surface area contributed by atoms with Gasteiger partial charge in [0.15, 0.2) is 0 Å². The predicted octanol–water partition coefficient (Wildman–Crippen LogP) is 2.74. The molecular formula is C12H12BrN3O. The van der Waals surface area contributed by atoms with Gasteiger partial charge in [-0.25, -0.2) is 4.98 Å². The van der Waals surface area contributed by atoms with Gasteiger partial charge in [-0.2, -0.15) is 0 Å². The smallest absolute Gasteiger partial charge is 0.275 e. The van der Waals surface area contributed by atoms with Crippen LogP contribution in [-0.4, -0.2) is 15.5 Å². The molecule has 1 amide bonds. The zero-order valence-electron chi connectivity index (χ0n) is 9.57. The second-order valence-electron chi connectivity index (χ2n) is 3.79. The van der Waals surface area contributed by atoms with Crippen LogP contribution in [0.1, 0.15) is 16.1 Å². The monoisotopic (exact) mass is 293 g/mol. The quantitative estimate of drug-likeness (QED) is 0.925. The molecule has 0 unspecified atom stereocenters. The summed E-state index contributed by atoms with van der Waals surface area (Å²) in [7, 11) is 1.83. The predicted molar refractivity (Wildman–Crippen MR) is 70.0 cm³/mol. The highest BCUT2D eigenvalue weighted by molar-refractivity contribution is 9.10. The number of nitrogens with one attached hydrogen (secondary N) is 1. The number of nitrogens with zero attached hydrogens (tertiary/aromatic N) is 2. The normalized spacial score (nSPS) is 10.3. The Morgan fingerprint density at radius 3 is 2.88 bits per heavy atom. The highest BCUT2D eigenvalue weighted by Gasteiger charge is 2.10. The second kappa shape index (κ2) is 4.71. The van der Waals surface area contributed by atoms with Gasteiger partial charge in [0.05, 0.1) is 6.33 Å². The van der Waals surface area contributed by atoms with Crippen LogP contribution >= 0.6 is 15.9 Å². The largest absolute Gasteiger partial charge is 0.340 e. The maximum absolute atomic E-state index is 11.9. The Bertz CT molecular complexity index is 563. The lowest BCUT2D eigenvalue weighted by Gasteiger charge is -2.08. The third-order valence-corrected chi connectivity index (χ3v) is 3.31. The van der Waals surface area contributed by atoms with Crippen molar-refractivity contribution in [3.63, 3.8) is 0 Å². The number of aryl methyl sites for hydroxylation is 1. The zero-order valence-corrected chi connectivity index (χ0v) is 11.2. The summed E-state index contributed by atoms with van der Waals surface area (Å²) < 4.78 is 2.71. The van der Waals surface area contributed by atoms with Gasteiger partial charge in [0.25, 0.3) is 5.91 Å².